The maximum absolute atomic E-state index is 2.32. The van der Waals surface area contributed by atoms with Crippen LogP contribution in [0.5, 0.6) is 0 Å². The zero-order valence-corrected chi connectivity index (χ0v) is 21.1. The molecule has 0 unspecified atom stereocenters. The molecule has 0 bridgehead atoms. The van der Waals surface area contributed by atoms with Gasteiger partial charge in [0.1, 0.15) is 0 Å². The van der Waals surface area contributed by atoms with Gasteiger partial charge in [0.05, 0.1) is 0 Å². The van der Waals surface area contributed by atoms with E-state index in [2.05, 4.69) is 118 Å². The Morgan fingerprint density at radius 2 is 1.07 bits per heavy atom. The molecule has 0 aliphatic heterocycles. The van der Waals surface area contributed by atoms with Crippen molar-refractivity contribution in [3.8, 4) is 0 Å². The van der Waals surface area contributed by atoms with Gasteiger partial charge >= 0.3 is 170 Å². The smallest absolute Gasteiger partial charge is 1.00 e. The molecule has 3 aromatic carbocycles. The summed E-state index contributed by atoms with van der Waals surface area (Å²) in [6.07, 6.45) is 1.11. The van der Waals surface area contributed by atoms with Gasteiger partial charge in [-0.25, -0.2) is 0 Å². The summed E-state index contributed by atoms with van der Waals surface area (Å²) in [5.74, 6) is 0. The monoisotopic (exact) mass is 490 g/mol. The minimum absolute atomic E-state index is 0. The van der Waals surface area contributed by atoms with Crippen LogP contribution in [0.15, 0.2) is 106 Å². The molecule has 0 saturated carbocycles. The van der Waals surface area contributed by atoms with Gasteiger partial charge in [0, 0.05) is 0 Å². The molecule has 5 heteroatoms. The second-order valence-electron chi connectivity index (χ2n) is 6.85. The third-order valence-corrected chi connectivity index (χ3v) is 9.48. The quantitative estimate of drug-likeness (QED) is 0.322. The van der Waals surface area contributed by atoms with Crippen LogP contribution in [0, 0.1) is 0 Å². The summed E-state index contributed by atoms with van der Waals surface area (Å²) in [5.41, 5.74) is 4.37. The number of hydrogen-bond acceptors (Lipinski definition) is 0. The fourth-order valence-electron chi connectivity index (χ4n) is 3.90. The van der Waals surface area contributed by atoms with Crippen molar-refractivity contribution in [3.63, 3.8) is 0 Å². The van der Waals surface area contributed by atoms with E-state index in [1.807, 2.05) is 0 Å². The summed E-state index contributed by atoms with van der Waals surface area (Å²) >= 11 is 2.30. The van der Waals surface area contributed by atoms with Gasteiger partial charge in [0.25, 0.3) is 0 Å². The molecule has 0 N–H and O–H groups in total. The molecule has 0 saturated heterocycles. The summed E-state index contributed by atoms with van der Waals surface area (Å²) in [4.78, 5) is 0. The van der Waals surface area contributed by atoms with Crippen LogP contribution >= 0.6 is 0 Å². The second kappa shape index (κ2) is 12.0. The van der Waals surface area contributed by atoms with Crippen LogP contribution in [0.2, 0.25) is 0 Å². The maximum Gasteiger partial charge on any atom is -1.00 e. The zero-order valence-electron chi connectivity index (χ0n) is 16.1. The molecule has 3 aromatic rings. The van der Waals surface area contributed by atoms with E-state index in [0.29, 0.717) is 0 Å². The number of halogens is 3. The molecule has 0 nitrogen and oxygen atoms in total. The zero-order chi connectivity index (χ0) is 17.9. The van der Waals surface area contributed by atoms with E-state index in [0.717, 1.165) is 6.42 Å². The first-order valence-electron chi connectivity index (χ1n) is 9.06. The van der Waals surface area contributed by atoms with Crippen molar-refractivity contribution in [2.45, 2.75) is 13.3 Å². The minimum Gasteiger partial charge on any atom is -1.00 e. The Bertz CT molecular complexity index is 931. The largest absolute Gasteiger partial charge is 1.00 e. The molecule has 0 heterocycles. The van der Waals surface area contributed by atoms with Crippen LogP contribution in [-0.2, 0) is 20.4 Å². The molecule has 0 fully saturated rings. The molecule has 29 heavy (non-hydrogen) atoms. The summed E-state index contributed by atoms with van der Waals surface area (Å²) in [6.45, 7) is 2.30. The molecular weight excluding hydrogens is 471 g/mol. The van der Waals surface area contributed by atoms with E-state index in [4.69, 9.17) is 0 Å². The summed E-state index contributed by atoms with van der Waals surface area (Å²) < 4.78 is 1.47. The normalized spacial score (nSPS) is 13.0. The fourth-order valence-corrected chi connectivity index (χ4v) is 8.26. The number of hydrogen-bond donors (Lipinski definition) is 0. The van der Waals surface area contributed by atoms with Gasteiger partial charge in [-0.3, -0.25) is 0 Å². The first kappa shape index (κ1) is 26.0. The fraction of sp³-hybridized carbons (Fsp3) is 0.0833. The van der Waals surface area contributed by atoms with Crippen molar-refractivity contribution < 1.29 is 57.7 Å². The number of benzene rings is 3. The Morgan fingerprint density at radius 3 is 1.52 bits per heavy atom. The summed E-state index contributed by atoms with van der Waals surface area (Å²) in [7, 11) is -1.47. The van der Waals surface area contributed by atoms with E-state index < -0.39 is 8.80 Å². The van der Waals surface area contributed by atoms with Crippen LogP contribution in [-0.4, -0.2) is 8.80 Å². The van der Waals surface area contributed by atoms with E-state index >= 15 is 0 Å². The predicted octanol–water partition coefficient (Wildman–Crippen LogP) is -4.74. The Hall–Kier alpha value is -1.06. The molecule has 0 atom stereocenters. The molecule has 4 rings (SSSR count). The van der Waals surface area contributed by atoms with E-state index in [1.165, 1.54) is 31.0 Å². The van der Waals surface area contributed by atoms with Crippen LogP contribution in [0.4, 0.5) is 0 Å². The first-order valence-corrected chi connectivity index (χ1v) is 11.6. The van der Waals surface area contributed by atoms with Crippen molar-refractivity contribution in [1.82, 2.24) is 0 Å². The van der Waals surface area contributed by atoms with Gasteiger partial charge in [-0.1, -0.05) is 0 Å². The average Bonchev–Trinajstić information content (AvgIpc) is 2.99. The van der Waals surface area contributed by atoms with Gasteiger partial charge in [-0.2, -0.15) is 0 Å². The van der Waals surface area contributed by atoms with Crippen molar-refractivity contribution in [1.29, 1.82) is 0 Å². The van der Waals surface area contributed by atoms with Gasteiger partial charge in [-0.05, 0) is 0 Å². The van der Waals surface area contributed by atoms with Crippen LogP contribution in [0.25, 0.3) is 5.57 Å². The third-order valence-electron chi connectivity index (χ3n) is 5.13. The molecule has 0 spiro atoms. The van der Waals surface area contributed by atoms with Crippen LogP contribution in [0.3, 0.4) is 0 Å². The number of rotatable bonds is 4. The Balaban J connectivity index is 0.00000140. The van der Waals surface area contributed by atoms with Gasteiger partial charge in [0.2, 0.25) is 0 Å². The summed E-state index contributed by atoms with van der Waals surface area (Å²) in [5, 5.41) is 4.66. The van der Waals surface area contributed by atoms with E-state index in [1.54, 1.807) is 5.20 Å². The predicted molar refractivity (Wildman–Crippen MR) is 110 cm³/mol. The Morgan fingerprint density at radius 1 is 0.655 bits per heavy atom. The van der Waals surface area contributed by atoms with Gasteiger partial charge in [-0.15, -0.1) is 0 Å². The molecule has 146 valence electrons. The second-order valence-corrected chi connectivity index (χ2v) is 10.5. The number of allylic oxidation sites excluding steroid dienone is 4. The van der Waals surface area contributed by atoms with Crippen LogP contribution in [0.1, 0.15) is 18.9 Å². The summed E-state index contributed by atoms with van der Waals surface area (Å²) in [6, 6.07) is 33.2. The molecule has 0 radical (unpaired) electrons. The van der Waals surface area contributed by atoms with Crippen molar-refractivity contribution in [3.05, 3.63) is 111 Å². The van der Waals surface area contributed by atoms with Gasteiger partial charge < -0.3 is 37.2 Å². The molecule has 0 aromatic heterocycles. The Labute approximate surface area is 205 Å². The standard InChI is InChI=1S/C24H21Si.3ClH.Ti/c1-19-17-23(20-11-5-2-6-12-20)24(18-19)25(21-13-7-3-8-14-21)22-15-9-4-10-16-22;;;;/h2-16,25H,18H2,1H3;3*1H;/q;;;;+3/p-3. The molecule has 1 aliphatic rings. The molecule has 1 aliphatic carbocycles. The third kappa shape index (κ3) is 5.55. The maximum atomic E-state index is 2.32. The minimum atomic E-state index is -1.47. The topological polar surface area (TPSA) is 0 Å². The van der Waals surface area contributed by atoms with Gasteiger partial charge in [0.15, 0.2) is 0 Å². The van der Waals surface area contributed by atoms with E-state index in [9.17, 15) is 0 Å². The van der Waals surface area contributed by atoms with E-state index in [-0.39, 0.29) is 37.2 Å². The van der Waals surface area contributed by atoms with Crippen molar-refractivity contribution >= 4 is 24.7 Å². The first-order chi connectivity index (χ1) is 12.8. The molecule has 0 amide bonds. The SMILES string of the molecule is CC1=[C]([Ti+3])C(c2ccccc2)=C([SiH](c2ccccc2)c2ccccc2)C1.[Cl-].[Cl-].[Cl-]. The average molecular weight is 492 g/mol. The van der Waals surface area contributed by atoms with Crippen molar-refractivity contribution in [2.24, 2.45) is 0 Å². The Kier molecular flexibility index (Phi) is 10.7. The van der Waals surface area contributed by atoms with Crippen molar-refractivity contribution in [2.75, 3.05) is 0 Å². The molecular formula is C24H21Cl3SiTi. The van der Waals surface area contributed by atoms with Crippen LogP contribution < -0.4 is 47.6 Å².